The predicted octanol–water partition coefficient (Wildman–Crippen LogP) is 3.58. The SMILES string of the molecule is CCC1(CC)CNC2(CCCCC2)CN1CCOC(C)C. The Hall–Kier alpha value is -0.120. The summed E-state index contributed by atoms with van der Waals surface area (Å²) in [5, 5.41) is 3.97. The lowest BCUT2D eigenvalue weighted by atomic mass is 9.76. The Morgan fingerprint density at radius 3 is 2.33 bits per heavy atom. The van der Waals surface area contributed by atoms with E-state index in [2.05, 4.69) is 37.9 Å². The summed E-state index contributed by atoms with van der Waals surface area (Å²) in [5.74, 6) is 0. The predicted molar refractivity (Wildman–Crippen MR) is 89.8 cm³/mol. The summed E-state index contributed by atoms with van der Waals surface area (Å²) in [4.78, 5) is 2.76. The van der Waals surface area contributed by atoms with Gasteiger partial charge in [-0.15, -0.1) is 0 Å². The molecule has 0 bridgehead atoms. The topological polar surface area (TPSA) is 24.5 Å². The fourth-order valence-corrected chi connectivity index (χ4v) is 4.28. The highest BCUT2D eigenvalue weighted by Crippen LogP contribution is 2.37. The van der Waals surface area contributed by atoms with E-state index in [0.29, 0.717) is 17.2 Å². The van der Waals surface area contributed by atoms with Gasteiger partial charge in [-0.25, -0.2) is 0 Å². The minimum atomic E-state index is 0.336. The van der Waals surface area contributed by atoms with Crippen LogP contribution >= 0.6 is 0 Å². The van der Waals surface area contributed by atoms with Gasteiger partial charge in [-0.2, -0.15) is 0 Å². The fraction of sp³-hybridized carbons (Fsp3) is 1.00. The monoisotopic (exact) mass is 296 g/mol. The van der Waals surface area contributed by atoms with E-state index in [1.807, 2.05) is 0 Å². The van der Waals surface area contributed by atoms with Gasteiger partial charge in [0.25, 0.3) is 0 Å². The fourth-order valence-electron chi connectivity index (χ4n) is 4.28. The van der Waals surface area contributed by atoms with Crippen molar-refractivity contribution in [1.82, 2.24) is 10.2 Å². The Kier molecular flexibility index (Phi) is 6.10. The summed E-state index contributed by atoms with van der Waals surface area (Å²) >= 11 is 0. The Morgan fingerprint density at radius 1 is 1.10 bits per heavy atom. The number of nitrogens with zero attached hydrogens (tertiary/aromatic N) is 1. The molecule has 0 aromatic carbocycles. The van der Waals surface area contributed by atoms with Gasteiger partial charge in [0, 0.05) is 30.7 Å². The van der Waals surface area contributed by atoms with Gasteiger partial charge in [-0.05, 0) is 39.5 Å². The van der Waals surface area contributed by atoms with Crippen LogP contribution in [0.2, 0.25) is 0 Å². The van der Waals surface area contributed by atoms with Crippen molar-refractivity contribution in [3.8, 4) is 0 Å². The van der Waals surface area contributed by atoms with Crippen molar-refractivity contribution in [1.29, 1.82) is 0 Å². The number of nitrogens with one attached hydrogen (secondary N) is 1. The molecule has 21 heavy (non-hydrogen) atoms. The summed E-state index contributed by atoms with van der Waals surface area (Å²) in [6.45, 7) is 13.3. The largest absolute Gasteiger partial charge is 0.377 e. The van der Waals surface area contributed by atoms with Gasteiger partial charge in [0.15, 0.2) is 0 Å². The van der Waals surface area contributed by atoms with Gasteiger partial charge in [-0.3, -0.25) is 4.90 Å². The maximum absolute atomic E-state index is 5.84. The van der Waals surface area contributed by atoms with E-state index in [-0.39, 0.29) is 0 Å². The van der Waals surface area contributed by atoms with Gasteiger partial charge in [0.05, 0.1) is 12.7 Å². The van der Waals surface area contributed by atoms with Crippen LogP contribution in [0.4, 0.5) is 0 Å². The number of rotatable bonds is 6. The Balaban J connectivity index is 2.03. The number of piperazine rings is 1. The average molecular weight is 296 g/mol. The van der Waals surface area contributed by atoms with Crippen LogP contribution < -0.4 is 5.32 Å². The van der Waals surface area contributed by atoms with Gasteiger partial charge < -0.3 is 10.1 Å². The Bertz CT molecular complexity index is 306. The van der Waals surface area contributed by atoms with E-state index in [1.54, 1.807) is 0 Å². The van der Waals surface area contributed by atoms with E-state index >= 15 is 0 Å². The molecule has 1 aliphatic carbocycles. The highest BCUT2D eigenvalue weighted by molar-refractivity contribution is 5.05. The van der Waals surface area contributed by atoms with Crippen molar-refractivity contribution in [2.75, 3.05) is 26.2 Å². The molecule has 1 N–H and O–H groups in total. The van der Waals surface area contributed by atoms with E-state index in [4.69, 9.17) is 4.74 Å². The van der Waals surface area contributed by atoms with Crippen molar-refractivity contribution < 1.29 is 4.74 Å². The molecule has 3 nitrogen and oxygen atoms in total. The first-order valence-corrected chi connectivity index (χ1v) is 9.17. The zero-order chi connectivity index (χ0) is 15.3. The third-order valence-electron chi connectivity index (χ3n) is 5.90. The first kappa shape index (κ1) is 17.2. The Labute approximate surface area is 131 Å². The average Bonchev–Trinajstić information content (AvgIpc) is 2.49. The molecule has 1 saturated heterocycles. The van der Waals surface area contributed by atoms with Crippen LogP contribution in [0.15, 0.2) is 0 Å². The molecular formula is C18H36N2O. The van der Waals surface area contributed by atoms with Crippen LogP contribution in [-0.2, 0) is 4.74 Å². The second kappa shape index (κ2) is 7.43. The van der Waals surface area contributed by atoms with Crippen LogP contribution in [0, 0.1) is 0 Å². The molecule has 2 aliphatic rings. The first-order chi connectivity index (χ1) is 10.1. The molecule has 0 unspecified atom stereocenters. The number of ether oxygens (including phenoxy) is 1. The van der Waals surface area contributed by atoms with Crippen molar-refractivity contribution in [3.63, 3.8) is 0 Å². The van der Waals surface area contributed by atoms with Crippen molar-refractivity contribution in [2.45, 2.75) is 89.8 Å². The molecule has 0 aromatic rings. The molecule has 1 spiro atoms. The van der Waals surface area contributed by atoms with Crippen LogP contribution in [-0.4, -0.2) is 48.3 Å². The molecule has 1 saturated carbocycles. The maximum atomic E-state index is 5.84. The minimum Gasteiger partial charge on any atom is -0.377 e. The van der Waals surface area contributed by atoms with E-state index < -0.39 is 0 Å². The van der Waals surface area contributed by atoms with Crippen LogP contribution in [0.3, 0.4) is 0 Å². The lowest BCUT2D eigenvalue weighted by molar-refractivity contribution is -0.0371. The van der Waals surface area contributed by atoms with Gasteiger partial charge in [0.1, 0.15) is 0 Å². The summed E-state index contributed by atoms with van der Waals surface area (Å²) < 4.78 is 5.84. The lowest BCUT2D eigenvalue weighted by Gasteiger charge is -2.55. The number of hydrogen-bond acceptors (Lipinski definition) is 3. The third kappa shape index (κ3) is 4.00. The molecule has 3 heteroatoms. The highest BCUT2D eigenvalue weighted by Gasteiger charge is 2.45. The summed E-state index contributed by atoms with van der Waals surface area (Å²) in [6.07, 6.45) is 9.74. The van der Waals surface area contributed by atoms with Crippen molar-refractivity contribution in [3.05, 3.63) is 0 Å². The molecule has 124 valence electrons. The molecule has 1 aliphatic heterocycles. The summed E-state index contributed by atoms with van der Waals surface area (Å²) in [7, 11) is 0. The van der Waals surface area contributed by atoms with Crippen LogP contribution in [0.1, 0.15) is 72.6 Å². The smallest absolute Gasteiger partial charge is 0.0597 e. The normalized spacial score (nSPS) is 25.6. The van der Waals surface area contributed by atoms with E-state index in [9.17, 15) is 0 Å². The third-order valence-corrected chi connectivity index (χ3v) is 5.90. The Morgan fingerprint density at radius 2 is 1.76 bits per heavy atom. The highest BCUT2D eigenvalue weighted by atomic mass is 16.5. The molecule has 0 amide bonds. The summed E-state index contributed by atoms with van der Waals surface area (Å²) in [6, 6.07) is 0. The van der Waals surface area contributed by atoms with Gasteiger partial charge in [-0.1, -0.05) is 33.1 Å². The second-order valence-electron chi connectivity index (χ2n) is 7.47. The standard InChI is InChI=1S/C18H36N2O/c1-5-18(6-2)14-19-17(10-8-7-9-11-17)15-20(18)12-13-21-16(3)4/h16,19H,5-15H2,1-4H3. The zero-order valence-electron chi connectivity index (χ0n) is 14.7. The van der Waals surface area contributed by atoms with Crippen molar-refractivity contribution in [2.24, 2.45) is 0 Å². The molecular weight excluding hydrogens is 260 g/mol. The maximum Gasteiger partial charge on any atom is 0.0597 e. The van der Waals surface area contributed by atoms with Gasteiger partial charge >= 0.3 is 0 Å². The molecule has 2 fully saturated rings. The zero-order valence-corrected chi connectivity index (χ0v) is 14.7. The van der Waals surface area contributed by atoms with Gasteiger partial charge in [0.2, 0.25) is 0 Å². The first-order valence-electron chi connectivity index (χ1n) is 9.17. The molecule has 1 heterocycles. The molecule has 0 atom stereocenters. The van der Waals surface area contributed by atoms with E-state index in [0.717, 1.165) is 19.7 Å². The number of hydrogen-bond donors (Lipinski definition) is 1. The quantitative estimate of drug-likeness (QED) is 0.811. The van der Waals surface area contributed by atoms with Crippen LogP contribution in [0.25, 0.3) is 0 Å². The minimum absolute atomic E-state index is 0.336. The lowest BCUT2D eigenvalue weighted by Crippen LogP contribution is -2.70. The van der Waals surface area contributed by atoms with Crippen LogP contribution in [0.5, 0.6) is 0 Å². The van der Waals surface area contributed by atoms with Crippen molar-refractivity contribution >= 4 is 0 Å². The summed E-state index contributed by atoms with van der Waals surface area (Å²) in [5.41, 5.74) is 0.729. The molecule has 2 rings (SSSR count). The molecule has 0 radical (unpaired) electrons. The second-order valence-corrected chi connectivity index (χ2v) is 7.47. The van der Waals surface area contributed by atoms with E-state index in [1.165, 1.54) is 51.5 Å². The molecule has 0 aromatic heterocycles.